The molecule has 1 fully saturated rings. The van der Waals surface area contributed by atoms with Gasteiger partial charge in [-0.05, 0) is 36.1 Å². The minimum atomic E-state index is 0.320. The Morgan fingerprint density at radius 2 is 1.47 bits per heavy atom. The Balaban J connectivity index is 1.42. The average molecular weight is 403 g/mol. The molecule has 2 heterocycles. The van der Waals surface area contributed by atoms with Crippen molar-refractivity contribution in [3.8, 4) is 0 Å². The van der Waals surface area contributed by atoms with Gasteiger partial charge in [0.2, 0.25) is 0 Å². The Morgan fingerprint density at radius 3 is 2.03 bits per heavy atom. The van der Waals surface area contributed by atoms with Gasteiger partial charge in [0.05, 0.1) is 12.6 Å². The number of hydrogen-bond donors (Lipinski definition) is 0. The Kier molecular flexibility index (Phi) is 7.03. The number of furan rings is 1. The van der Waals surface area contributed by atoms with E-state index in [1.807, 2.05) is 0 Å². The molecule has 158 valence electrons. The molecule has 0 spiro atoms. The minimum Gasteiger partial charge on any atom is -0.464 e. The number of unbranched alkanes of at least 4 members (excludes halogenated alkanes) is 1. The molecular weight excluding hydrogens is 368 g/mol. The summed E-state index contributed by atoms with van der Waals surface area (Å²) in [7, 11) is 0. The first-order valence-corrected chi connectivity index (χ1v) is 11.4. The highest BCUT2D eigenvalue weighted by Gasteiger charge is 2.27. The van der Waals surface area contributed by atoms with Crippen LogP contribution in [0.1, 0.15) is 54.0 Å². The van der Waals surface area contributed by atoms with Crippen molar-refractivity contribution in [3.05, 3.63) is 94.9 Å². The lowest BCUT2D eigenvalue weighted by atomic mass is 9.96. The number of rotatable bonds is 8. The predicted octanol–water partition coefficient (Wildman–Crippen LogP) is 5.84. The summed E-state index contributed by atoms with van der Waals surface area (Å²) in [4.78, 5) is 5.17. The standard InChI is InChI=1S/C27H34N2O/c1-3-4-15-25-20-22(2)26(30-25)21-28-16-18-29(19-17-28)27(23-11-7-5-8-12-23)24-13-9-6-10-14-24/h5-14,20,27H,3-4,15-19,21H2,1-2H3. The summed E-state index contributed by atoms with van der Waals surface area (Å²) in [6.45, 7) is 9.61. The van der Waals surface area contributed by atoms with Gasteiger partial charge in [-0.1, -0.05) is 74.0 Å². The van der Waals surface area contributed by atoms with Crippen LogP contribution in [-0.2, 0) is 13.0 Å². The van der Waals surface area contributed by atoms with Gasteiger partial charge in [-0.25, -0.2) is 0 Å². The van der Waals surface area contributed by atoms with Gasteiger partial charge >= 0.3 is 0 Å². The highest BCUT2D eigenvalue weighted by atomic mass is 16.3. The maximum Gasteiger partial charge on any atom is 0.121 e. The van der Waals surface area contributed by atoms with Gasteiger partial charge in [0.1, 0.15) is 11.5 Å². The van der Waals surface area contributed by atoms with E-state index in [9.17, 15) is 0 Å². The summed E-state index contributed by atoms with van der Waals surface area (Å²) in [5, 5.41) is 0. The zero-order valence-corrected chi connectivity index (χ0v) is 18.4. The molecule has 0 bridgehead atoms. The number of hydrogen-bond acceptors (Lipinski definition) is 3. The van der Waals surface area contributed by atoms with E-state index in [-0.39, 0.29) is 0 Å². The molecule has 1 aliphatic rings. The molecule has 0 saturated carbocycles. The molecule has 1 aliphatic heterocycles. The van der Waals surface area contributed by atoms with Gasteiger partial charge in [-0.2, -0.15) is 0 Å². The molecule has 3 aromatic rings. The second kappa shape index (κ2) is 10.1. The molecule has 3 heteroatoms. The third-order valence-electron chi connectivity index (χ3n) is 6.22. The normalized spacial score (nSPS) is 15.7. The van der Waals surface area contributed by atoms with Crippen molar-refractivity contribution < 1.29 is 4.42 Å². The van der Waals surface area contributed by atoms with E-state index in [1.54, 1.807) is 0 Å². The lowest BCUT2D eigenvalue weighted by Gasteiger charge is -2.39. The summed E-state index contributed by atoms with van der Waals surface area (Å²) in [5.74, 6) is 2.30. The Morgan fingerprint density at radius 1 is 0.867 bits per heavy atom. The zero-order valence-electron chi connectivity index (χ0n) is 18.4. The third kappa shape index (κ3) is 5.03. The molecule has 0 N–H and O–H groups in total. The van der Waals surface area contributed by atoms with Crippen molar-refractivity contribution in [2.45, 2.75) is 45.7 Å². The van der Waals surface area contributed by atoms with Crippen molar-refractivity contribution in [3.63, 3.8) is 0 Å². The van der Waals surface area contributed by atoms with Crippen LogP contribution in [0.15, 0.2) is 71.1 Å². The van der Waals surface area contributed by atoms with Crippen LogP contribution in [0, 0.1) is 6.92 Å². The first kappa shape index (κ1) is 20.9. The van der Waals surface area contributed by atoms with E-state index in [2.05, 4.69) is 90.4 Å². The minimum absolute atomic E-state index is 0.320. The fourth-order valence-corrected chi connectivity index (χ4v) is 4.49. The third-order valence-corrected chi connectivity index (χ3v) is 6.22. The number of piperazine rings is 1. The quantitative estimate of drug-likeness (QED) is 0.472. The molecule has 0 amide bonds. The SMILES string of the molecule is CCCCc1cc(C)c(CN2CCN(C(c3ccccc3)c3ccccc3)CC2)o1. The van der Waals surface area contributed by atoms with E-state index in [4.69, 9.17) is 4.42 Å². The van der Waals surface area contributed by atoms with E-state index < -0.39 is 0 Å². The van der Waals surface area contributed by atoms with Crippen LogP contribution in [0.25, 0.3) is 0 Å². The van der Waals surface area contributed by atoms with Crippen LogP contribution in [0.3, 0.4) is 0 Å². The molecule has 1 aromatic heterocycles. The smallest absolute Gasteiger partial charge is 0.121 e. The van der Waals surface area contributed by atoms with Crippen molar-refractivity contribution in [2.75, 3.05) is 26.2 Å². The van der Waals surface area contributed by atoms with E-state index in [1.165, 1.54) is 29.5 Å². The molecule has 3 nitrogen and oxygen atoms in total. The summed E-state index contributed by atoms with van der Waals surface area (Å²) < 4.78 is 6.18. The lowest BCUT2D eigenvalue weighted by Crippen LogP contribution is -2.47. The molecule has 0 aliphatic carbocycles. The molecular formula is C27H34N2O. The van der Waals surface area contributed by atoms with E-state index in [0.717, 1.165) is 50.7 Å². The number of benzene rings is 2. The molecule has 2 aromatic carbocycles. The van der Waals surface area contributed by atoms with Crippen molar-refractivity contribution in [1.82, 2.24) is 9.80 Å². The van der Waals surface area contributed by atoms with Gasteiger partial charge in [0.15, 0.2) is 0 Å². The van der Waals surface area contributed by atoms with Crippen LogP contribution in [0.4, 0.5) is 0 Å². The predicted molar refractivity (Wildman–Crippen MR) is 124 cm³/mol. The molecule has 30 heavy (non-hydrogen) atoms. The van der Waals surface area contributed by atoms with Crippen molar-refractivity contribution >= 4 is 0 Å². The zero-order chi connectivity index (χ0) is 20.8. The van der Waals surface area contributed by atoms with Crippen LogP contribution < -0.4 is 0 Å². The first-order chi connectivity index (χ1) is 14.7. The highest BCUT2D eigenvalue weighted by Crippen LogP contribution is 2.30. The van der Waals surface area contributed by atoms with Crippen molar-refractivity contribution in [1.29, 1.82) is 0 Å². The Labute approximate surface area is 181 Å². The largest absolute Gasteiger partial charge is 0.464 e. The summed E-state index contributed by atoms with van der Waals surface area (Å²) in [6.07, 6.45) is 3.47. The second-order valence-electron chi connectivity index (χ2n) is 8.46. The fourth-order valence-electron chi connectivity index (χ4n) is 4.49. The summed E-state index contributed by atoms with van der Waals surface area (Å²) in [5.41, 5.74) is 4.05. The van der Waals surface area contributed by atoms with Crippen LogP contribution in [-0.4, -0.2) is 36.0 Å². The molecule has 0 atom stereocenters. The lowest BCUT2D eigenvalue weighted by molar-refractivity contribution is 0.0992. The molecule has 1 saturated heterocycles. The van der Waals surface area contributed by atoms with Crippen molar-refractivity contribution in [2.24, 2.45) is 0 Å². The summed E-state index contributed by atoms with van der Waals surface area (Å²) in [6, 6.07) is 24.4. The monoisotopic (exact) mass is 402 g/mol. The highest BCUT2D eigenvalue weighted by molar-refractivity contribution is 5.32. The number of aryl methyl sites for hydroxylation is 2. The van der Waals surface area contributed by atoms with Gasteiger partial charge in [-0.15, -0.1) is 0 Å². The topological polar surface area (TPSA) is 19.6 Å². The number of nitrogens with zero attached hydrogens (tertiary/aromatic N) is 2. The molecule has 0 unspecified atom stereocenters. The van der Waals surface area contributed by atoms with Gasteiger partial charge < -0.3 is 4.42 Å². The molecule has 4 rings (SSSR count). The van der Waals surface area contributed by atoms with E-state index >= 15 is 0 Å². The van der Waals surface area contributed by atoms with Crippen LogP contribution in [0.2, 0.25) is 0 Å². The molecule has 0 radical (unpaired) electrons. The Hall–Kier alpha value is -2.36. The van der Waals surface area contributed by atoms with Crippen LogP contribution in [0.5, 0.6) is 0 Å². The Bertz CT molecular complexity index is 856. The maximum atomic E-state index is 6.18. The van der Waals surface area contributed by atoms with Crippen LogP contribution >= 0.6 is 0 Å². The first-order valence-electron chi connectivity index (χ1n) is 11.4. The van der Waals surface area contributed by atoms with Gasteiger partial charge in [0.25, 0.3) is 0 Å². The van der Waals surface area contributed by atoms with Gasteiger partial charge in [0, 0.05) is 32.6 Å². The summed E-state index contributed by atoms with van der Waals surface area (Å²) >= 11 is 0. The van der Waals surface area contributed by atoms with Gasteiger partial charge in [-0.3, -0.25) is 9.80 Å². The fraction of sp³-hybridized carbons (Fsp3) is 0.407. The average Bonchev–Trinajstić information content (AvgIpc) is 3.14. The van der Waals surface area contributed by atoms with E-state index in [0.29, 0.717) is 6.04 Å². The maximum absolute atomic E-state index is 6.18. The second-order valence-corrected chi connectivity index (χ2v) is 8.46.